The minimum atomic E-state index is -4.47. The molecule has 108 valence electrons. The average molecular weight is 351 g/mol. The van der Waals surface area contributed by atoms with E-state index in [4.69, 9.17) is 4.52 Å². The zero-order valence-corrected chi connectivity index (χ0v) is 11.9. The lowest BCUT2D eigenvalue weighted by Crippen LogP contribution is -2.14. The topological polar surface area (TPSA) is 63.8 Å². The summed E-state index contributed by atoms with van der Waals surface area (Å²) in [7, 11) is 0. The molecule has 0 unspecified atom stereocenters. The number of halogens is 4. The van der Waals surface area contributed by atoms with Gasteiger partial charge in [0.05, 0.1) is 5.56 Å². The summed E-state index contributed by atoms with van der Waals surface area (Å²) in [6.45, 7) is 1.87. The van der Waals surface area contributed by atoms with Crippen molar-refractivity contribution in [2.45, 2.75) is 19.5 Å². The van der Waals surface area contributed by atoms with Crippen molar-refractivity contribution in [3.8, 4) is 0 Å². The van der Waals surface area contributed by atoms with Crippen LogP contribution < -0.4 is 5.32 Å². The molecule has 1 N–H and O–H groups in total. The predicted octanol–water partition coefficient (Wildman–Crippen LogP) is 3.21. The summed E-state index contributed by atoms with van der Waals surface area (Å²) in [6, 6.07) is 0.978. The highest BCUT2D eigenvalue weighted by atomic mass is 79.9. The van der Waals surface area contributed by atoms with Gasteiger partial charge in [0.25, 0.3) is 0 Å². The van der Waals surface area contributed by atoms with Crippen molar-refractivity contribution in [2.24, 2.45) is 0 Å². The van der Waals surface area contributed by atoms with Crippen molar-refractivity contribution in [1.29, 1.82) is 0 Å². The standard InChI is InChI=1S/C11H10BrF3N4O/c1-6-18-9(20-19-6)2-3-16-10-8(11(13,14)15)4-7(12)5-17-10/h4-5H,2-3H2,1H3,(H,16,17). The van der Waals surface area contributed by atoms with Gasteiger partial charge in [0.2, 0.25) is 5.89 Å². The number of nitrogens with zero attached hydrogens (tertiary/aromatic N) is 3. The lowest BCUT2D eigenvalue weighted by Gasteiger charge is -2.13. The van der Waals surface area contributed by atoms with E-state index in [-0.39, 0.29) is 16.8 Å². The first-order chi connectivity index (χ1) is 9.36. The van der Waals surface area contributed by atoms with E-state index in [9.17, 15) is 13.2 Å². The van der Waals surface area contributed by atoms with E-state index >= 15 is 0 Å². The van der Waals surface area contributed by atoms with Crippen LogP contribution in [0, 0.1) is 6.92 Å². The second-order valence-electron chi connectivity index (χ2n) is 3.96. The number of hydrogen-bond donors (Lipinski definition) is 1. The van der Waals surface area contributed by atoms with E-state index in [2.05, 4.69) is 36.4 Å². The molecule has 2 aromatic rings. The van der Waals surface area contributed by atoms with Gasteiger partial charge in [-0.1, -0.05) is 5.16 Å². The Morgan fingerprint density at radius 1 is 1.40 bits per heavy atom. The molecule has 0 spiro atoms. The van der Waals surface area contributed by atoms with Crippen molar-refractivity contribution < 1.29 is 17.7 Å². The van der Waals surface area contributed by atoms with Gasteiger partial charge >= 0.3 is 6.18 Å². The van der Waals surface area contributed by atoms with Crippen LogP contribution in [0.3, 0.4) is 0 Å². The monoisotopic (exact) mass is 350 g/mol. The molecule has 2 rings (SSSR count). The number of alkyl halides is 3. The summed E-state index contributed by atoms with van der Waals surface area (Å²) < 4.78 is 43.7. The molecule has 2 aromatic heterocycles. The zero-order chi connectivity index (χ0) is 14.8. The van der Waals surface area contributed by atoms with Gasteiger partial charge in [-0.25, -0.2) is 4.98 Å². The molecule has 0 saturated heterocycles. The molecule has 0 aliphatic rings. The first-order valence-electron chi connectivity index (χ1n) is 5.62. The Bertz CT molecular complexity index is 600. The molecule has 5 nitrogen and oxygen atoms in total. The van der Waals surface area contributed by atoms with Crippen molar-refractivity contribution in [3.05, 3.63) is 34.0 Å². The molecule has 0 amide bonds. The Morgan fingerprint density at radius 2 is 2.15 bits per heavy atom. The van der Waals surface area contributed by atoms with Gasteiger partial charge in [-0.15, -0.1) is 0 Å². The Kier molecular flexibility index (Phi) is 4.26. The second kappa shape index (κ2) is 5.78. The van der Waals surface area contributed by atoms with Crippen LogP contribution in [0.25, 0.3) is 0 Å². The Labute approximate surface area is 120 Å². The third kappa shape index (κ3) is 3.69. The molecule has 20 heavy (non-hydrogen) atoms. The minimum Gasteiger partial charge on any atom is -0.369 e. The highest BCUT2D eigenvalue weighted by Crippen LogP contribution is 2.35. The van der Waals surface area contributed by atoms with E-state index < -0.39 is 11.7 Å². The second-order valence-corrected chi connectivity index (χ2v) is 4.88. The number of aryl methyl sites for hydroxylation is 1. The molecule has 0 aliphatic carbocycles. The molecule has 0 aromatic carbocycles. The SMILES string of the molecule is Cc1noc(CCNc2ncc(Br)cc2C(F)(F)F)n1. The predicted molar refractivity (Wildman–Crippen MR) is 68.2 cm³/mol. The van der Waals surface area contributed by atoms with Gasteiger partial charge in [-0.05, 0) is 28.9 Å². The molecule has 0 saturated carbocycles. The van der Waals surface area contributed by atoms with E-state index in [1.54, 1.807) is 6.92 Å². The molecule has 2 heterocycles. The number of anilines is 1. The lowest BCUT2D eigenvalue weighted by atomic mass is 10.2. The Balaban J connectivity index is 2.06. The number of aromatic nitrogens is 3. The fourth-order valence-electron chi connectivity index (χ4n) is 1.53. The molecule has 0 fully saturated rings. The van der Waals surface area contributed by atoms with E-state index in [0.717, 1.165) is 6.07 Å². The highest BCUT2D eigenvalue weighted by molar-refractivity contribution is 9.10. The number of rotatable bonds is 4. The summed E-state index contributed by atoms with van der Waals surface area (Å²) in [4.78, 5) is 7.70. The Morgan fingerprint density at radius 3 is 2.75 bits per heavy atom. The molecule has 0 aliphatic heterocycles. The smallest absolute Gasteiger partial charge is 0.369 e. The summed E-state index contributed by atoms with van der Waals surface area (Å²) in [6.07, 6.45) is -2.86. The van der Waals surface area contributed by atoms with Gasteiger partial charge in [-0.3, -0.25) is 0 Å². The van der Waals surface area contributed by atoms with Crippen LogP contribution in [0.5, 0.6) is 0 Å². The molecule has 0 bridgehead atoms. The van der Waals surface area contributed by atoms with Crippen LogP contribution in [0.1, 0.15) is 17.3 Å². The third-order valence-electron chi connectivity index (χ3n) is 2.36. The van der Waals surface area contributed by atoms with Crippen LogP contribution in [0.4, 0.5) is 19.0 Å². The van der Waals surface area contributed by atoms with Gasteiger partial charge in [0, 0.05) is 23.6 Å². The van der Waals surface area contributed by atoms with Crippen molar-refractivity contribution in [3.63, 3.8) is 0 Å². The van der Waals surface area contributed by atoms with Crippen LogP contribution in [-0.4, -0.2) is 21.7 Å². The van der Waals surface area contributed by atoms with E-state index in [1.165, 1.54) is 6.20 Å². The number of nitrogens with one attached hydrogen (secondary N) is 1. The maximum absolute atomic E-state index is 12.8. The maximum Gasteiger partial charge on any atom is 0.419 e. The summed E-state index contributed by atoms with van der Waals surface area (Å²) in [5.74, 6) is 0.621. The molecular formula is C11H10BrF3N4O. The van der Waals surface area contributed by atoms with Crippen molar-refractivity contribution in [1.82, 2.24) is 15.1 Å². The van der Waals surface area contributed by atoms with Crippen molar-refractivity contribution >= 4 is 21.7 Å². The third-order valence-corrected chi connectivity index (χ3v) is 2.79. The lowest BCUT2D eigenvalue weighted by molar-refractivity contribution is -0.137. The zero-order valence-electron chi connectivity index (χ0n) is 10.3. The summed E-state index contributed by atoms with van der Waals surface area (Å²) in [5, 5.41) is 6.22. The first kappa shape index (κ1) is 14.8. The number of hydrogen-bond acceptors (Lipinski definition) is 5. The largest absolute Gasteiger partial charge is 0.419 e. The number of pyridine rings is 1. The van der Waals surface area contributed by atoms with Crippen molar-refractivity contribution in [2.75, 3.05) is 11.9 Å². The van der Waals surface area contributed by atoms with Crippen LogP contribution in [-0.2, 0) is 12.6 Å². The molecular weight excluding hydrogens is 341 g/mol. The van der Waals surface area contributed by atoms with Crippen LogP contribution in [0.15, 0.2) is 21.3 Å². The molecule has 9 heteroatoms. The molecule has 0 atom stereocenters. The Hall–Kier alpha value is -1.64. The van der Waals surface area contributed by atoms with Gasteiger partial charge < -0.3 is 9.84 Å². The fraction of sp³-hybridized carbons (Fsp3) is 0.364. The van der Waals surface area contributed by atoms with Gasteiger partial charge in [-0.2, -0.15) is 18.2 Å². The van der Waals surface area contributed by atoms with Crippen LogP contribution in [0.2, 0.25) is 0 Å². The van der Waals surface area contributed by atoms with Gasteiger partial charge in [0.1, 0.15) is 5.82 Å². The minimum absolute atomic E-state index is 0.208. The van der Waals surface area contributed by atoms with E-state index in [1.807, 2.05) is 0 Å². The fourth-order valence-corrected chi connectivity index (χ4v) is 1.86. The summed E-state index contributed by atoms with van der Waals surface area (Å²) in [5.41, 5.74) is -0.825. The van der Waals surface area contributed by atoms with E-state index in [0.29, 0.717) is 18.1 Å². The quantitative estimate of drug-likeness (QED) is 0.917. The van der Waals surface area contributed by atoms with Gasteiger partial charge in [0.15, 0.2) is 5.82 Å². The normalized spacial score (nSPS) is 11.7. The highest BCUT2D eigenvalue weighted by Gasteiger charge is 2.34. The molecule has 0 radical (unpaired) electrons. The van der Waals surface area contributed by atoms with Crippen LogP contribution >= 0.6 is 15.9 Å². The average Bonchev–Trinajstić information content (AvgIpc) is 2.76. The summed E-state index contributed by atoms with van der Waals surface area (Å²) >= 11 is 2.97. The first-order valence-corrected chi connectivity index (χ1v) is 6.41. The maximum atomic E-state index is 12.8.